The number of rotatable bonds is 6. The van der Waals surface area contributed by atoms with Crippen LogP contribution < -0.4 is 5.32 Å². The minimum absolute atomic E-state index is 0.424. The van der Waals surface area contributed by atoms with Crippen LogP contribution in [0.2, 0.25) is 0 Å². The molecular weight excluding hydrogens is 264 g/mol. The summed E-state index contributed by atoms with van der Waals surface area (Å²) in [4.78, 5) is 3.84. The van der Waals surface area contributed by atoms with Gasteiger partial charge in [-0.25, -0.2) is 0 Å². The van der Waals surface area contributed by atoms with E-state index in [2.05, 4.69) is 69.2 Å². The molecular formula is C17H26N2S. The molecule has 20 heavy (non-hydrogen) atoms. The van der Waals surface area contributed by atoms with Gasteiger partial charge >= 0.3 is 0 Å². The van der Waals surface area contributed by atoms with Gasteiger partial charge in [-0.3, -0.25) is 0 Å². The van der Waals surface area contributed by atoms with Crippen LogP contribution in [0.5, 0.6) is 0 Å². The zero-order chi connectivity index (χ0) is 14.7. The highest BCUT2D eigenvalue weighted by Gasteiger charge is 2.14. The Balaban J connectivity index is 2.01. The normalized spacial score (nSPS) is 13.6. The molecule has 1 atom stereocenters. The Morgan fingerprint density at radius 2 is 1.90 bits per heavy atom. The molecule has 0 saturated heterocycles. The van der Waals surface area contributed by atoms with Crippen molar-refractivity contribution in [3.63, 3.8) is 0 Å². The van der Waals surface area contributed by atoms with Crippen LogP contribution in [0.25, 0.3) is 10.1 Å². The summed E-state index contributed by atoms with van der Waals surface area (Å²) in [5.74, 6) is 0. The second-order valence-corrected chi connectivity index (χ2v) is 6.92. The molecule has 0 radical (unpaired) electrons. The first kappa shape index (κ1) is 15.5. The topological polar surface area (TPSA) is 15.3 Å². The van der Waals surface area contributed by atoms with Gasteiger partial charge in [0.2, 0.25) is 0 Å². The highest BCUT2D eigenvalue weighted by Crippen LogP contribution is 2.34. The molecule has 2 rings (SSSR count). The van der Waals surface area contributed by atoms with E-state index in [4.69, 9.17) is 0 Å². The fourth-order valence-electron chi connectivity index (χ4n) is 2.41. The number of benzene rings is 1. The van der Waals surface area contributed by atoms with E-state index in [-0.39, 0.29) is 0 Å². The molecule has 0 fully saturated rings. The van der Waals surface area contributed by atoms with Gasteiger partial charge in [0.15, 0.2) is 0 Å². The second kappa shape index (κ2) is 6.70. The molecule has 0 aliphatic carbocycles. The standard InChI is InChI=1S/C17H26N2S/c1-12(2)19(5)11-10-18-14(4)17-13(3)15-8-6-7-9-16(15)20-17/h6-9,12,14,18H,10-11H2,1-5H3. The van der Waals surface area contributed by atoms with Gasteiger partial charge in [0.25, 0.3) is 0 Å². The van der Waals surface area contributed by atoms with Crippen LogP contribution >= 0.6 is 11.3 Å². The maximum atomic E-state index is 3.66. The van der Waals surface area contributed by atoms with E-state index in [1.54, 1.807) is 0 Å². The monoisotopic (exact) mass is 290 g/mol. The van der Waals surface area contributed by atoms with E-state index in [9.17, 15) is 0 Å². The largest absolute Gasteiger partial charge is 0.308 e. The number of fused-ring (bicyclic) bond motifs is 1. The summed E-state index contributed by atoms with van der Waals surface area (Å²) in [7, 11) is 2.18. The molecule has 1 aromatic heterocycles. The maximum absolute atomic E-state index is 3.66. The van der Waals surface area contributed by atoms with Crippen LogP contribution in [-0.4, -0.2) is 31.1 Å². The summed E-state index contributed by atoms with van der Waals surface area (Å²) in [6, 6.07) is 9.73. The predicted octanol–water partition coefficient (Wildman–Crippen LogP) is 4.20. The molecule has 2 nitrogen and oxygen atoms in total. The minimum atomic E-state index is 0.424. The van der Waals surface area contributed by atoms with Crippen molar-refractivity contribution >= 4 is 21.4 Å². The van der Waals surface area contributed by atoms with Crippen LogP contribution in [0.15, 0.2) is 24.3 Å². The summed E-state index contributed by atoms with van der Waals surface area (Å²) >= 11 is 1.92. The van der Waals surface area contributed by atoms with E-state index < -0.39 is 0 Å². The number of hydrogen-bond donors (Lipinski definition) is 1. The lowest BCUT2D eigenvalue weighted by atomic mass is 10.1. The zero-order valence-corrected chi connectivity index (χ0v) is 14.1. The van der Waals surface area contributed by atoms with Crippen LogP contribution in [0.3, 0.4) is 0 Å². The third-order valence-corrected chi connectivity index (χ3v) is 5.53. The molecule has 3 heteroatoms. The predicted molar refractivity (Wildman–Crippen MR) is 90.7 cm³/mol. The van der Waals surface area contributed by atoms with Crippen LogP contribution in [-0.2, 0) is 0 Å². The van der Waals surface area contributed by atoms with E-state index in [1.165, 1.54) is 20.5 Å². The van der Waals surface area contributed by atoms with E-state index in [1.807, 2.05) is 11.3 Å². The Bertz CT molecular complexity index is 559. The molecule has 0 spiro atoms. The first-order chi connectivity index (χ1) is 9.50. The summed E-state index contributed by atoms with van der Waals surface area (Å²) in [6.07, 6.45) is 0. The number of aryl methyl sites for hydroxylation is 1. The quantitative estimate of drug-likeness (QED) is 0.857. The minimum Gasteiger partial charge on any atom is -0.308 e. The number of likely N-dealkylation sites (N-methyl/N-ethyl adjacent to an activating group) is 1. The molecule has 0 aliphatic rings. The van der Waals surface area contributed by atoms with Gasteiger partial charge in [-0.05, 0) is 51.8 Å². The van der Waals surface area contributed by atoms with Crippen molar-refractivity contribution in [1.29, 1.82) is 0 Å². The zero-order valence-electron chi connectivity index (χ0n) is 13.2. The van der Waals surface area contributed by atoms with Crippen molar-refractivity contribution in [3.05, 3.63) is 34.7 Å². The summed E-state index contributed by atoms with van der Waals surface area (Å²) in [6.45, 7) is 11.1. The summed E-state index contributed by atoms with van der Waals surface area (Å²) < 4.78 is 1.40. The fourth-order valence-corrected chi connectivity index (χ4v) is 3.65. The number of nitrogens with one attached hydrogen (secondary N) is 1. The third-order valence-electron chi connectivity index (χ3n) is 4.07. The first-order valence-electron chi connectivity index (χ1n) is 7.42. The van der Waals surface area contributed by atoms with Gasteiger partial charge in [0, 0.05) is 34.8 Å². The Hall–Kier alpha value is -0.900. The second-order valence-electron chi connectivity index (χ2n) is 5.84. The third kappa shape index (κ3) is 3.40. The van der Waals surface area contributed by atoms with Gasteiger partial charge in [-0.15, -0.1) is 11.3 Å². The Kier molecular flexibility index (Phi) is 5.19. The summed E-state index contributed by atoms with van der Waals surface area (Å²) in [5, 5.41) is 5.06. The van der Waals surface area contributed by atoms with E-state index in [0.717, 1.165) is 13.1 Å². The first-order valence-corrected chi connectivity index (χ1v) is 8.24. The van der Waals surface area contributed by atoms with Crippen molar-refractivity contribution in [1.82, 2.24) is 10.2 Å². The van der Waals surface area contributed by atoms with Crippen molar-refractivity contribution in [2.24, 2.45) is 0 Å². The Morgan fingerprint density at radius 1 is 1.20 bits per heavy atom. The highest BCUT2D eigenvalue weighted by molar-refractivity contribution is 7.19. The van der Waals surface area contributed by atoms with Crippen molar-refractivity contribution in [3.8, 4) is 0 Å². The number of nitrogens with zero attached hydrogens (tertiary/aromatic N) is 1. The van der Waals surface area contributed by atoms with Gasteiger partial charge in [-0.1, -0.05) is 18.2 Å². The number of thiophene rings is 1. The smallest absolute Gasteiger partial charge is 0.0389 e. The van der Waals surface area contributed by atoms with Crippen LogP contribution in [0.4, 0.5) is 0 Å². The maximum Gasteiger partial charge on any atom is 0.0389 e. The Morgan fingerprint density at radius 3 is 2.55 bits per heavy atom. The van der Waals surface area contributed by atoms with Crippen molar-refractivity contribution < 1.29 is 0 Å². The van der Waals surface area contributed by atoms with E-state index >= 15 is 0 Å². The molecule has 1 N–H and O–H groups in total. The van der Waals surface area contributed by atoms with Gasteiger partial charge in [-0.2, -0.15) is 0 Å². The van der Waals surface area contributed by atoms with Crippen molar-refractivity contribution in [2.45, 2.75) is 39.8 Å². The van der Waals surface area contributed by atoms with Crippen molar-refractivity contribution in [2.75, 3.05) is 20.1 Å². The summed E-state index contributed by atoms with van der Waals surface area (Å²) in [5.41, 5.74) is 1.43. The molecule has 1 unspecified atom stereocenters. The Labute approximate surface area is 126 Å². The molecule has 2 aromatic rings. The SMILES string of the molecule is Cc1c(C(C)NCCN(C)C(C)C)sc2ccccc12. The molecule has 1 heterocycles. The lowest BCUT2D eigenvalue weighted by Gasteiger charge is -2.22. The number of hydrogen-bond acceptors (Lipinski definition) is 3. The fraction of sp³-hybridized carbons (Fsp3) is 0.529. The molecule has 0 bridgehead atoms. The molecule has 1 aromatic carbocycles. The van der Waals surface area contributed by atoms with E-state index in [0.29, 0.717) is 12.1 Å². The van der Waals surface area contributed by atoms with Crippen LogP contribution in [0, 0.1) is 6.92 Å². The average Bonchev–Trinajstić information content (AvgIpc) is 2.76. The average molecular weight is 290 g/mol. The van der Waals surface area contributed by atoms with Crippen LogP contribution in [0.1, 0.15) is 37.3 Å². The van der Waals surface area contributed by atoms with Gasteiger partial charge in [0.05, 0.1) is 0 Å². The molecule has 0 amide bonds. The molecule has 0 saturated carbocycles. The lowest BCUT2D eigenvalue weighted by Crippen LogP contribution is -2.34. The van der Waals surface area contributed by atoms with Gasteiger partial charge in [0.1, 0.15) is 0 Å². The molecule has 0 aliphatic heterocycles. The highest BCUT2D eigenvalue weighted by atomic mass is 32.1. The van der Waals surface area contributed by atoms with Gasteiger partial charge < -0.3 is 10.2 Å². The lowest BCUT2D eigenvalue weighted by molar-refractivity contribution is 0.270. The molecule has 110 valence electrons.